The summed E-state index contributed by atoms with van der Waals surface area (Å²) in [6, 6.07) is 9.26. The standard InChI is InChI=1S/C20H16ClFN2/c1-2-12-3-6-15-18(9-12)24-19-10-13(4-7-16(19)20(15)21)17-8-5-14(22)11-23-17/h2-3,5-6,8-9,11,13H,1,4,7,10H2. The third-order valence-electron chi connectivity index (χ3n) is 4.71. The Bertz CT molecular complexity index is 935. The van der Waals surface area contributed by atoms with Crippen molar-refractivity contribution in [2.24, 2.45) is 0 Å². The first kappa shape index (κ1) is 15.3. The molecule has 4 rings (SSSR count). The van der Waals surface area contributed by atoms with Gasteiger partial charge in [0.1, 0.15) is 5.82 Å². The largest absolute Gasteiger partial charge is 0.258 e. The van der Waals surface area contributed by atoms with Crippen LogP contribution in [0.15, 0.2) is 43.1 Å². The molecule has 1 aliphatic carbocycles. The number of hydrogen-bond acceptors (Lipinski definition) is 2. The lowest BCUT2D eigenvalue weighted by atomic mass is 9.84. The van der Waals surface area contributed by atoms with Crippen molar-refractivity contribution in [1.82, 2.24) is 9.97 Å². The normalized spacial score (nSPS) is 16.8. The van der Waals surface area contributed by atoms with Crippen LogP contribution in [-0.4, -0.2) is 9.97 Å². The first-order chi connectivity index (χ1) is 11.7. The zero-order chi connectivity index (χ0) is 16.7. The average Bonchev–Trinajstić information content (AvgIpc) is 2.61. The number of nitrogens with zero attached hydrogens (tertiary/aromatic N) is 2. The number of rotatable bonds is 2. The third kappa shape index (κ3) is 2.59. The maximum Gasteiger partial charge on any atom is 0.141 e. The van der Waals surface area contributed by atoms with E-state index in [1.807, 2.05) is 18.2 Å². The Morgan fingerprint density at radius 2 is 2.12 bits per heavy atom. The summed E-state index contributed by atoms with van der Waals surface area (Å²) in [5, 5.41) is 1.79. The monoisotopic (exact) mass is 338 g/mol. The zero-order valence-electron chi connectivity index (χ0n) is 13.1. The minimum absolute atomic E-state index is 0.252. The number of pyridine rings is 2. The molecule has 0 radical (unpaired) electrons. The molecule has 0 amide bonds. The van der Waals surface area contributed by atoms with Crippen LogP contribution in [-0.2, 0) is 12.8 Å². The van der Waals surface area contributed by atoms with Crippen LogP contribution >= 0.6 is 11.6 Å². The molecule has 24 heavy (non-hydrogen) atoms. The van der Waals surface area contributed by atoms with E-state index in [1.165, 1.54) is 12.3 Å². The molecule has 120 valence electrons. The van der Waals surface area contributed by atoms with Crippen LogP contribution in [0.4, 0.5) is 4.39 Å². The van der Waals surface area contributed by atoms with Gasteiger partial charge in [0.25, 0.3) is 0 Å². The molecule has 0 bridgehead atoms. The molecule has 1 aliphatic rings. The fourth-order valence-electron chi connectivity index (χ4n) is 3.41. The topological polar surface area (TPSA) is 25.8 Å². The quantitative estimate of drug-likeness (QED) is 0.630. The fraction of sp³-hybridized carbons (Fsp3) is 0.200. The van der Waals surface area contributed by atoms with E-state index < -0.39 is 0 Å². The molecular weight excluding hydrogens is 323 g/mol. The molecule has 0 N–H and O–H groups in total. The molecule has 1 aromatic carbocycles. The molecule has 0 saturated heterocycles. The van der Waals surface area contributed by atoms with E-state index in [9.17, 15) is 4.39 Å². The number of fused-ring (bicyclic) bond motifs is 2. The van der Waals surface area contributed by atoms with Gasteiger partial charge < -0.3 is 0 Å². The Labute approximate surface area is 145 Å². The average molecular weight is 339 g/mol. The first-order valence-corrected chi connectivity index (χ1v) is 8.38. The summed E-state index contributed by atoms with van der Waals surface area (Å²) >= 11 is 6.64. The first-order valence-electron chi connectivity index (χ1n) is 8.00. The van der Waals surface area contributed by atoms with Gasteiger partial charge >= 0.3 is 0 Å². The van der Waals surface area contributed by atoms with Crippen LogP contribution in [0.5, 0.6) is 0 Å². The maximum absolute atomic E-state index is 13.1. The summed E-state index contributed by atoms with van der Waals surface area (Å²) in [6.07, 6.45) is 5.68. The van der Waals surface area contributed by atoms with Gasteiger partial charge in [-0.3, -0.25) is 9.97 Å². The van der Waals surface area contributed by atoms with E-state index in [0.717, 1.165) is 57.7 Å². The van der Waals surface area contributed by atoms with Crippen molar-refractivity contribution in [3.05, 3.63) is 76.5 Å². The molecule has 2 nitrogen and oxygen atoms in total. The van der Waals surface area contributed by atoms with E-state index in [-0.39, 0.29) is 11.7 Å². The van der Waals surface area contributed by atoms with Gasteiger partial charge in [0.15, 0.2) is 0 Å². The molecule has 0 spiro atoms. The second-order valence-corrected chi connectivity index (χ2v) is 6.55. The van der Waals surface area contributed by atoms with Crippen molar-refractivity contribution < 1.29 is 4.39 Å². The van der Waals surface area contributed by atoms with Gasteiger partial charge in [-0.15, -0.1) is 0 Å². The smallest absolute Gasteiger partial charge is 0.141 e. The van der Waals surface area contributed by atoms with Crippen LogP contribution in [0.2, 0.25) is 5.02 Å². The van der Waals surface area contributed by atoms with Crippen molar-refractivity contribution >= 4 is 28.6 Å². The highest BCUT2D eigenvalue weighted by Gasteiger charge is 2.25. The Morgan fingerprint density at radius 3 is 2.88 bits per heavy atom. The summed E-state index contributed by atoms with van der Waals surface area (Å²) in [6.45, 7) is 3.81. The second kappa shape index (κ2) is 5.99. The number of halogens is 2. The second-order valence-electron chi connectivity index (χ2n) is 6.17. The molecule has 3 aromatic rings. The van der Waals surface area contributed by atoms with Crippen LogP contribution in [0, 0.1) is 5.82 Å². The molecule has 1 atom stereocenters. The fourth-order valence-corrected chi connectivity index (χ4v) is 3.78. The molecule has 2 heterocycles. The van der Waals surface area contributed by atoms with Crippen molar-refractivity contribution in [3.63, 3.8) is 0 Å². The molecular formula is C20H16ClFN2. The van der Waals surface area contributed by atoms with E-state index in [4.69, 9.17) is 16.6 Å². The van der Waals surface area contributed by atoms with Gasteiger partial charge in [0, 0.05) is 22.7 Å². The zero-order valence-corrected chi connectivity index (χ0v) is 13.9. The van der Waals surface area contributed by atoms with Crippen molar-refractivity contribution in [1.29, 1.82) is 0 Å². The lowest BCUT2D eigenvalue weighted by Crippen LogP contribution is -2.16. The Hall–Kier alpha value is -2.26. The highest BCUT2D eigenvalue weighted by molar-refractivity contribution is 6.36. The van der Waals surface area contributed by atoms with Gasteiger partial charge in [-0.1, -0.05) is 36.4 Å². The lowest BCUT2D eigenvalue weighted by Gasteiger charge is -2.25. The van der Waals surface area contributed by atoms with E-state index in [2.05, 4.69) is 11.6 Å². The minimum Gasteiger partial charge on any atom is -0.258 e. The number of benzene rings is 1. The molecule has 0 fully saturated rings. The molecule has 1 unspecified atom stereocenters. The van der Waals surface area contributed by atoms with Crippen LogP contribution < -0.4 is 0 Å². The highest BCUT2D eigenvalue weighted by Crippen LogP contribution is 2.37. The summed E-state index contributed by atoms with van der Waals surface area (Å²) in [4.78, 5) is 9.08. The molecule has 0 saturated carbocycles. The predicted molar refractivity (Wildman–Crippen MR) is 95.8 cm³/mol. The number of aromatic nitrogens is 2. The van der Waals surface area contributed by atoms with Crippen molar-refractivity contribution in [3.8, 4) is 0 Å². The van der Waals surface area contributed by atoms with E-state index in [1.54, 1.807) is 12.1 Å². The SMILES string of the molecule is C=Cc1ccc2c(Cl)c3c(nc2c1)CC(c1ccc(F)cn1)CC3. The molecule has 2 aromatic heterocycles. The maximum atomic E-state index is 13.1. The summed E-state index contributed by atoms with van der Waals surface area (Å²) in [7, 11) is 0. The van der Waals surface area contributed by atoms with E-state index >= 15 is 0 Å². The van der Waals surface area contributed by atoms with Gasteiger partial charge in [-0.25, -0.2) is 4.39 Å². The Balaban J connectivity index is 1.77. The van der Waals surface area contributed by atoms with Crippen LogP contribution in [0.25, 0.3) is 17.0 Å². The molecule has 4 heteroatoms. The van der Waals surface area contributed by atoms with Gasteiger partial charge in [0.05, 0.1) is 16.7 Å². The Kier molecular flexibility index (Phi) is 3.81. The van der Waals surface area contributed by atoms with E-state index in [0.29, 0.717) is 0 Å². The Morgan fingerprint density at radius 1 is 1.25 bits per heavy atom. The minimum atomic E-state index is -0.306. The number of hydrogen-bond donors (Lipinski definition) is 0. The van der Waals surface area contributed by atoms with Crippen molar-refractivity contribution in [2.45, 2.75) is 25.2 Å². The predicted octanol–water partition coefficient (Wildman–Crippen LogP) is 5.34. The summed E-state index contributed by atoms with van der Waals surface area (Å²) < 4.78 is 13.1. The third-order valence-corrected chi connectivity index (χ3v) is 5.15. The molecule has 0 aliphatic heterocycles. The highest BCUT2D eigenvalue weighted by atomic mass is 35.5. The summed E-state index contributed by atoms with van der Waals surface area (Å²) in [5.41, 5.74) is 4.99. The lowest BCUT2D eigenvalue weighted by molar-refractivity contribution is 0.555. The van der Waals surface area contributed by atoms with Crippen molar-refractivity contribution in [2.75, 3.05) is 0 Å². The van der Waals surface area contributed by atoms with Crippen LogP contribution in [0.3, 0.4) is 0 Å². The van der Waals surface area contributed by atoms with Gasteiger partial charge in [-0.05, 0) is 48.6 Å². The summed E-state index contributed by atoms with van der Waals surface area (Å²) in [5.74, 6) is -0.0548. The van der Waals surface area contributed by atoms with Gasteiger partial charge in [-0.2, -0.15) is 0 Å². The van der Waals surface area contributed by atoms with Crippen LogP contribution in [0.1, 0.15) is 34.9 Å². The van der Waals surface area contributed by atoms with Gasteiger partial charge in [0.2, 0.25) is 0 Å².